The molecule has 2 unspecified atom stereocenters. The molecule has 1 fully saturated rings. The second kappa shape index (κ2) is 5.53. The molecule has 1 aliphatic rings. The molecule has 1 aromatic rings. The van der Waals surface area contributed by atoms with Gasteiger partial charge in [-0.15, -0.1) is 0 Å². The van der Waals surface area contributed by atoms with E-state index in [4.69, 9.17) is 0 Å². The Morgan fingerprint density at radius 3 is 2.72 bits per heavy atom. The van der Waals surface area contributed by atoms with Crippen LogP contribution in [-0.4, -0.2) is 25.0 Å². The maximum Gasteiger partial charge on any atom is 0.244 e. The average Bonchev–Trinajstić information content (AvgIpc) is 2.78. The molecule has 18 heavy (non-hydrogen) atoms. The lowest BCUT2D eigenvalue weighted by molar-refractivity contribution is -0.121. The summed E-state index contributed by atoms with van der Waals surface area (Å²) < 4.78 is 0. The highest BCUT2D eigenvalue weighted by Gasteiger charge is 2.32. The van der Waals surface area contributed by atoms with E-state index in [0.29, 0.717) is 12.5 Å². The highest BCUT2D eigenvalue weighted by Crippen LogP contribution is 2.23. The first kappa shape index (κ1) is 13.1. The van der Waals surface area contributed by atoms with Gasteiger partial charge in [0.25, 0.3) is 0 Å². The van der Waals surface area contributed by atoms with Gasteiger partial charge in [0.15, 0.2) is 0 Å². The Labute approximate surface area is 109 Å². The van der Waals surface area contributed by atoms with E-state index in [-0.39, 0.29) is 11.9 Å². The lowest BCUT2D eigenvalue weighted by Gasteiger charge is -2.27. The van der Waals surface area contributed by atoms with Crippen molar-refractivity contribution in [2.75, 3.05) is 18.0 Å². The summed E-state index contributed by atoms with van der Waals surface area (Å²) in [6, 6.07) is 8.05. The lowest BCUT2D eigenvalue weighted by Crippen LogP contribution is -2.46. The normalized spacial score (nSPS) is 23.1. The minimum absolute atomic E-state index is 0.0236. The highest BCUT2D eigenvalue weighted by molar-refractivity contribution is 5.98. The zero-order valence-corrected chi connectivity index (χ0v) is 11.4. The number of rotatable bonds is 3. The van der Waals surface area contributed by atoms with Crippen LogP contribution in [0.3, 0.4) is 0 Å². The molecule has 3 nitrogen and oxygen atoms in total. The summed E-state index contributed by atoms with van der Waals surface area (Å²) in [7, 11) is 0. The topological polar surface area (TPSA) is 32.3 Å². The van der Waals surface area contributed by atoms with Crippen molar-refractivity contribution in [2.24, 2.45) is 5.92 Å². The molecule has 98 valence electrons. The van der Waals surface area contributed by atoms with Crippen LogP contribution < -0.4 is 10.2 Å². The van der Waals surface area contributed by atoms with Gasteiger partial charge >= 0.3 is 0 Å². The summed E-state index contributed by atoms with van der Waals surface area (Å²) in [6.45, 7) is 7.90. The smallest absolute Gasteiger partial charge is 0.244 e. The molecule has 2 rings (SSSR count). The minimum Gasteiger partial charge on any atom is -0.311 e. The number of amides is 1. The van der Waals surface area contributed by atoms with Crippen molar-refractivity contribution in [2.45, 2.75) is 33.2 Å². The van der Waals surface area contributed by atoms with Crippen molar-refractivity contribution in [3.8, 4) is 0 Å². The molecule has 1 aliphatic heterocycles. The molecule has 3 heteroatoms. The van der Waals surface area contributed by atoms with Crippen molar-refractivity contribution in [3.05, 3.63) is 29.8 Å². The molecular formula is C15H22N2O. The van der Waals surface area contributed by atoms with Crippen LogP contribution in [-0.2, 0) is 4.79 Å². The van der Waals surface area contributed by atoms with E-state index in [9.17, 15) is 4.79 Å². The Bertz CT molecular complexity index is 430. The van der Waals surface area contributed by atoms with Crippen molar-refractivity contribution < 1.29 is 4.79 Å². The number of hydrogen-bond donors (Lipinski definition) is 1. The highest BCUT2D eigenvalue weighted by atomic mass is 16.2. The fourth-order valence-electron chi connectivity index (χ4n) is 2.64. The number of aryl methyl sites for hydroxylation is 1. The molecule has 1 heterocycles. The number of benzene rings is 1. The molecule has 0 bridgehead atoms. The van der Waals surface area contributed by atoms with Gasteiger partial charge in [-0.3, -0.25) is 4.79 Å². The van der Waals surface area contributed by atoms with Crippen molar-refractivity contribution in [3.63, 3.8) is 0 Å². The zero-order chi connectivity index (χ0) is 13.1. The molecular weight excluding hydrogens is 224 g/mol. The van der Waals surface area contributed by atoms with Gasteiger partial charge in [0.1, 0.15) is 0 Å². The summed E-state index contributed by atoms with van der Waals surface area (Å²) in [5.74, 6) is 0.632. The Morgan fingerprint density at radius 2 is 2.17 bits per heavy atom. The van der Waals surface area contributed by atoms with Crippen LogP contribution in [0.25, 0.3) is 0 Å². The van der Waals surface area contributed by atoms with Gasteiger partial charge in [-0.1, -0.05) is 25.1 Å². The predicted octanol–water partition coefficient (Wildman–Crippen LogP) is 2.35. The third-order valence-corrected chi connectivity index (χ3v) is 3.79. The number of nitrogens with zero attached hydrogens (tertiary/aromatic N) is 1. The SMILES string of the molecule is CCN(C(=O)C1NCCC1C)c1ccccc1C. The molecule has 2 atom stereocenters. The number of nitrogens with one attached hydrogen (secondary N) is 1. The van der Waals surface area contributed by atoms with E-state index < -0.39 is 0 Å². The number of carbonyl (C=O) groups excluding carboxylic acids is 1. The van der Waals surface area contributed by atoms with Crippen molar-refractivity contribution >= 4 is 11.6 Å². The molecule has 0 saturated carbocycles. The lowest BCUT2D eigenvalue weighted by atomic mass is 10.0. The Balaban J connectivity index is 2.23. The Hall–Kier alpha value is -1.35. The average molecular weight is 246 g/mol. The summed E-state index contributed by atoms with van der Waals surface area (Å²) in [6.07, 6.45) is 1.09. The monoisotopic (exact) mass is 246 g/mol. The summed E-state index contributed by atoms with van der Waals surface area (Å²) in [5, 5.41) is 3.32. The second-order valence-corrected chi connectivity index (χ2v) is 5.07. The van der Waals surface area contributed by atoms with Crippen LogP contribution >= 0.6 is 0 Å². The van der Waals surface area contributed by atoms with Crippen molar-refractivity contribution in [1.29, 1.82) is 0 Å². The summed E-state index contributed by atoms with van der Waals surface area (Å²) >= 11 is 0. The first-order valence-corrected chi connectivity index (χ1v) is 6.75. The van der Waals surface area contributed by atoms with E-state index >= 15 is 0 Å². The molecule has 1 N–H and O–H groups in total. The van der Waals surface area contributed by atoms with Crippen LogP contribution in [0.5, 0.6) is 0 Å². The largest absolute Gasteiger partial charge is 0.311 e. The number of likely N-dealkylation sites (N-methyl/N-ethyl adjacent to an activating group) is 1. The van der Waals surface area contributed by atoms with E-state index in [2.05, 4.69) is 25.2 Å². The van der Waals surface area contributed by atoms with Gasteiger partial charge in [-0.05, 0) is 44.4 Å². The molecule has 0 radical (unpaired) electrons. The van der Waals surface area contributed by atoms with Crippen LogP contribution in [0.4, 0.5) is 5.69 Å². The molecule has 1 aromatic carbocycles. The van der Waals surface area contributed by atoms with E-state index in [1.54, 1.807) is 0 Å². The van der Waals surface area contributed by atoms with Gasteiger partial charge in [0, 0.05) is 12.2 Å². The number of carbonyl (C=O) groups is 1. The van der Waals surface area contributed by atoms with Gasteiger partial charge in [0.05, 0.1) is 6.04 Å². The Morgan fingerprint density at radius 1 is 1.44 bits per heavy atom. The van der Waals surface area contributed by atoms with Gasteiger partial charge in [-0.25, -0.2) is 0 Å². The molecule has 1 amide bonds. The predicted molar refractivity (Wildman–Crippen MR) is 74.8 cm³/mol. The molecule has 0 spiro atoms. The molecule has 1 saturated heterocycles. The molecule has 0 aliphatic carbocycles. The first-order valence-electron chi connectivity index (χ1n) is 6.75. The van der Waals surface area contributed by atoms with Gasteiger partial charge in [-0.2, -0.15) is 0 Å². The zero-order valence-electron chi connectivity index (χ0n) is 11.4. The number of para-hydroxylation sites is 1. The van der Waals surface area contributed by atoms with Crippen molar-refractivity contribution in [1.82, 2.24) is 5.32 Å². The maximum atomic E-state index is 12.6. The van der Waals surface area contributed by atoms with E-state index in [1.165, 1.54) is 0 Å². The quantitative estimate of drug-likeness (QED) is 0.888. The standard InChI is InChI=1S/C15H22N2O/c1-4-17(13-8-6-5-7-11(13)2)15(18)14-12(3)9-10-16-14/h5-8,12,14,16H,4,9-10H2,1-3H3. The summed E-state index contributed by atoms with van der Waals surface area (Å²) in [4.78, 5) is 14.5. The van der Waals surface area contributed by atoms with Gasteiger partial charge in [0.2, 0.25) is 5.91 Å². The fourth-order valence-corrected chi connectivity index (χ4v) is 2.64. The minimum atomic E-state index is -0.0236. The number of anilines is 1. The third-order valence-electron chi connectivity index (χ3n) is 3.79. The maximum absolute atomic E-state index is 12.6. The summed E-state index contributed by atoms with van der Waals surface area (Å²) in [5.41, 5.74) is 2.18. The van der Waals surface area contributed by atoms with E-state index in [0.717, 1.165) is 24.2 Å². The number of hydrogen-bond acceptors (Lipinski definition) is 2. The third kappa shape index (κ3) is 2.41. The second-order valence-electron chi connectivity index (χ2n) is 5.07. The Kier molecular flexibility index (Phi) is 4.02. The fraction of sp³-hybridized carbons (Fsp3) is 0.533. The van der Waals surface area contributed by atoms with E-state index in [1.807, 2.05) is 30.0 Å². The molecule has 0 aromatic heterocycles. The van der Waals surface area contributed by atoms with Crippen LogP contribution in [0.1, 0.15) is 25.8 Å². The van der Waals surface area contributed by atoms with Crippen LogP contribution in [0.15, 0.2) is 24.3 Å². The van der Waals surface area contributed by atoms with Crippen LogP contribution in [0.2, 0.25) is 0 Å². The van der Waals surface area contributed by atoms with Crippen LogP contribution in [0, 0.1) is 12.8 Å². The first-order chi connectivity index (χ1) is 8.65. The van der Waals surface area contributed by atoms with Gasteiger partial charge < -0.3 is 10.2 Å².